The van der Waals surface area contributed by atoms with E-state index in [4.69, 9.17) is 0 Å². The smallest absolute Gasteiger partial charge is 0.435 e. The number of hydrogen-bond acceptors (Lipinski definition) is 5. The fourth-order valence-corrected chi connectivity index (χ4v) is 1.90. The van der Waals surface area contributed by atoms with Gasteiger partial charge in [-0.3, -0.25) is 4.79 Å². The van der Waals surface area contributed by atoms with Gasteiger partial charge >= 0.3 is 12.1 Å². The van der Waals surface area contributed by atoms with E-state index in [9.17, 15) is 27.9 Å². The molecule has 0 atom stereocenters. The molecule has 1 heterocycles. The fourth-order valence-electron chi connectivity index (χ4n) is 1.90. The van der Waals surface area contributed by atoms with E-state index in [1.807, 2.05) is 0 Å². The van der Waals surface area contributed by atoms with Gasteiger partial charge in [-0.1, -0.05) is 30.3 Å². The number of aromatic nitrogens is 2. The molecular weight excluding hydrogens is 317 g/mol. The SMILES string of the molecule is COC(=O)c1c(C(F)(F)F)nn(Cc2ccccc2)c(=O)c1[O-]. The molecule has 6 nitrogen and oxygen atoms in total. The Morgan fingerprint density at radius 3 is 2.43 bits per heavy atom. The number of esters is 1. The molecule has 0 aliphatic heterocycles. The van der Waals surface area contributed by atoms with Crippen molar-refractivity contribution in [2.75, 3.05) is 7.11 Å². The van der Waals surface area contributed by atoms with Crippen molar-refractivity contribution in [3.05, 3.63) is 57.5 Å². The number of carbonyl (C=O) groups excluding carboxylic acids is 1. The highest BCUT2D eigenvalue weighted by atomic mass is 19.4. The van der Waals surface area contributed by atoms with Crippen molar-refractivity contribution in [1.29, 1.82) is 0 Å². The van der Waals surface area contributed by atoms with Crippen LogP contribution in [0.4, 0.5) is 13.2 Å². The molecule has 23 heavy (non-hydrogen) atoms. The van der Waals surface area contributed by atoms with E-state index >= 15 is 0 Å². The first-order valence-corrected chi connectivity index (χ1v) is 6.27. The summed E-state index contributed by atoms with van der Waals surface area (Å²) in [5, 5.41) is 15.0. The molecule has 2 aromatic rings. The molecule has 1 aromatic carbocycles. The van der Waals surface area contributed by atoms with Crippen molar-refractivity contribution in [1.82, 2.24) is 9.78 Å². The van der Waals surface area contributed by atoms with Gasteiger partial charge in [0.1, 0.15) is 0 Å². The molecule has 0 spiro atoms. The quantitative estimate of drug-likeness (QED) is 0.790. The second-order valence-corrected chi connectivity index (χ2v) is 4.49. The van der Waals surface area contributed by atoms with Gasteiger partial charge in [0.25, 0.3) is 5.56 Å². The average molecular weight is 327 g/mol. The summed E-state index contributed by atoms with van der Waals surface area (Å²) >= 11 is 0. The zero-order valence-corrected chi connectivity index (χ0v) is 11.8. The molecule has 0 fully saturated rings. The highest BCUT2D eigenvalue weighted by Crippen LogP contribution is 2.32. The molecular formula is C14H10F3N2O4-. The van der Waals surface area contributed by atoms with Crippen LogP contribution in [0, 0.1) is 0 Å². The second-order valence-electron chi connectivity index (χ2n) is 4.49. The molecule has 0 aliphatic carbocycles. The Morgan fingerprint density at radius 2 is 1.91 bits per heavy atom. The lowest BCUT2D eigenvalue weighted by Gasteiger charge is -2.19. The summed E-state index contributed by atoms with van der Waals surface area (Å²) < 4.78 is 43.7. The summed E-state index contributed by atoms with van der Waals surface area (Å²) in [5.74, 6) is -3.16. The highest BCUT2D eigenvalue weighted by molar-refractivity contribution is 5.93. The van der Waals surface area contributed by atoms with Crippen molar-refractivity contribution in [2.24, 2.45) is 0 Å². The van der Waals surface area contributed by atoms with Crippen LogP contribution in [0.1, 0.15) is 21.6 Å². The first-order chi connectivity index (χ1) is 10.8. The fraction of sp³-hybridized carbons (Fsp3) is 0.214. The first kappa shape index (κ1) is 16.5. The first-order valence-electron chi connectivity index (χ1n) is 6.27. The van der Waals surface area contributed by atoms with Gasteiger partial charge in [0.2, 0.25) is 0 Å². The minimum Gasteiger partial charge on any atom is -0.868 e. The van der Waals surface area contributed by atoms with Crippen molar-refractivity contribution in [3.63, 3.8) is 0 Å². The van der Waals surface area contributed by atoms with Crippen molar-refractivity contribution in [2.45, 2.75) is 12.7 Å². The Balaban J connectivity index is 2.65. The largest absolute Gasteiger partial charge is 0.868 e. The van der Waals surface area contributed by atoms with Gasteiger partial charge in [0.15, 0.2) is 5.69 Å². The van der Waals surface area contributed by atoms with E-state index in [0.717, 1.165) is 7.11 Å². The third-order valence-corrected chi connectivity index (χ3v) is 2.95. The van der Waals surface area contributed by atoms with Crippen LogP contribution in [-0.2, 0) is 17.5 Å². The number of nitrogens with zero attached hydrogens (tertiary/aromatic N) is 2. The van der Waals surface area contributed by atoms with Crippen LogP contribution in [0.2, 0.25) is 0 Å². The molecule has 0 amide bonds. The Labute approximate surface area is 127 Å². The van der Waals surface area contributed by atoms with E-state index in [1.165, 1.54) is 0 Å². The van der Waals surface area contributed by atoms with Gasteiger partial charge < -0.3 is 9.84 Å². The summed E-state index contributed by atoms with van der Waals surface area (Å²) in [7, 11) is 0.803. The lowest BCUT2D eigenvalue weighted by atomic mass is 10.1. The molecule has 1 aromatic heterocycles. The number of carbonyl (C=O) groups is 1. The Kier molecular flexibility index (Phi) is 4.39. The van der Waals surface area contributed by atoms with Gasteiger partial charge in [-0.2, -0.15) is 18.3 Å². The number of hydrogen-bond donors (Lipinski definition) is 0. The lowest BCUT2D eigenvalue weighted by Crippen LogP contribution is -2.33. The minimum atomic E-state index is -5.09. The van der Waals surface area contributed by atoms with Crippen LogP contribution in [0.5, 0.6) is 5.75 Å². The molecule has 0 N–H and O–H groups in total. The monoisotopic (exact) mass is 327 g/mol. The average Bonchev–Trinajstić information content (AvgIpc) is 2.51. The summed E-state index contributed by atoms with van der Waals surface area (Å²) in [6, 6.07) is 8.03. The molecule has 2 rings (SSSR count). The molecule has 9 heteroatoms. The number of halogens is 3. The van der Waals surface area contributed by atoms with Crippen LogP contribution in [0.15, 0.2) is 35.1 Å². The number of methoxy groups -OCH3 is 1. The van der Waals surface area contributed by atoms with E-state index in [2.05, 4.69) is 9.84 Å². The predicted octanol–water partition coefficient (Wildman–Crippen LogP) is 1.17. The molecule has 0 saturated heterocycles. The van der Waals surface area contributed by atoms with E-state index in [0.29, 0.717) is 10.2 Å². The zero-order chi connectivity index (χ0) is 17.2. The van der Waals surface area contributed by atoms with Gasteiger partial charge in [-0.05, 0) is 11.3 Å². The van der Waals surface area contributed by atoms with Crippen LogP contribution in [0.3, 0.4) is 0 Å². The molecule has 0 bridgehead atoms. The third-order valence-electron chi connectivity index (χ3n) is 2.95. The summed E-state index contributed by atoms with van der Waals surface area (Å²) in [4.78, 5) is 23.3. The summed E-state index contributed by atoms with van der Waals surface area (Å²) in [6.07, 6.45) is -5.09. The van der Waals surface area contributed by atoms with Gasteiger partial charge in [0.05, 0.1) is 19.2 Å². The molecule has 0 radical (unpaired) electrons. The maximum Gasteiger partial charge on any atom is 0.435 e. The Bertz CT molecular complexity index is 785. The van der Waals surface area contributed by atoms with Gasteiger partial charge in [0, 0.05) is 0 Å². The molecule has 122 valence electrons. The normalized spacial score (nSPS) is 11.3. The van der Waals surface area contributed by atoms with Crippen LogP contribution < -0.4 is 10.7 Å². The third kappa shape index (κ3) is 3.33. The highest BCUT2D eigenvalue weighted by Gasteiger charge is 2.39. The number of ether oxygens (including phenoxy) is 1. The van der Waals surface area contributed by atoms with E-state index in [-0.39, 0.29) is 6.54 Å². The van der Waals surface area contributed by atoms with E-state index < -0.39 is 34.7 Å². The Morgan fingerprint density at radius 1 is 1.30 bits per heavy atom. The predicted molar refractivity (Wildman–Crippen MR) is 69.8 cm³/mol. The summed E-state index contributed by atoms with van der Waals surface area (Å²) in [6.45, 7) is -0.334. The van der Waals surface area contributed by atoms with Crippen LogP contribution in [0.25, 0.3) is 0 Å². The Hall–Kier alpha value is -2.84. The minimum absolute atomic E-state index is 0.334. The standard InChI is InChI=1S/C14H11F3N2O4/c1-23-13(22)9-10(20)12(21)19(18-11(9)14(15,16)17)7-8-5-3-2-4-6-8/h2-6,20H,7H2,1H3/p-1. The maximum absolute atomic E-state index is 13.1. The summed E-state index contributed by atoms with van der Waals surface area (Å²) in [5.41, 5.74) is -4.01. The topological polar surface area (TPSA) is 84.2 Å². The van der Waals surface area contributed by atoms with Gasteiger partial charge in [-0.25, -0.2) is 9.48 Å². The number of rotatable bonds is 3. The second kappa shape index (κ2) is 6.11. The number of benzene rings is 1. The lowest BCUT2D eigenvalue weighted by molar-refractivity contribution is -0.272. The molecule has 0 saturated carbocycles. The maximum atomic E-state index is 13.1. The van der Waals surface area contributed by atoms with Crippen molar-refractivity contribution < 1.29 is 27.8 Å². The van der Waals surface area contributed by atoms with Gasteiger partial charge in [-0.15, -0.1) is 0 Å². The zero-order valence-electron chi connectivity index (χ0n) is 11.8. The number of alkyl halides is 3. The molecule has 0 aliphatic rings. The van der Waals surface area contributed by atoms with Crippen molar-refractivity contribution >= 4 is 5.97 Å². The molecule has 0 unspecified atom stereocenters. The van der Waals surface area contributed by atoms with Crippen molar-refractivity contribution in [3.8, 4) is 5.75 Å². The van der Waals surface area contributed by atoms with Crippen LogP contribution >= 0.6 is 0 Å². The van der Waals surface area contributed by atoms with E-state index in [1.54, 1.807) is 30.3 Å². The van der Waals surface area contributed by atoms with Crippen LogP contribution in [-0.4, -0.2) is 22.9 Å².